The molecule has 3 rings (SSSR count). The summed E-state index contributed by atoms with van der Waals surface area (Å²) >= 11 is 1.66. The summed E-state index contributed by atoms with van der Waals surface area (Å²) in [6.45, 7) is 8.42. The Bertz CT molecular complexity index is 817. The fourth-order valence-corrected chi connectivity index (χ4v) is 4.40. The summed E-state index contributed by atoms with van der Waals surface area (Å²) in [6, 6.07) is -0.215. The van der Waals surface area contributed by atoms with Gasteiger partial charge in [0.2, 0.25) is 0 Å². The van der Waals surface area contributed by atoms with Crippen LogP contribution in [0, 0.1) is 20.8 Å². The lowest BCUT2D eigenvalue weighted by Gasteiger charge is -2.24. The molecule has 0 saturated carbocycles. The number of amides is 2. The zero-order valence-corrected chi connectivity index (χ0v) is 17.0. The predicted molar refractivity (Wildman–Crippen MR) is 103 cm³/mol. The smallest absolute Gasteiger partial charge is 0.318 e. The maximum absolute atomic E-state index is 12.6. The molecule has 2 heterocycles. The average molecular weight is 374 g/mol. The number of hydrogen-bond acceptors (Lipinski definition) is 5. The molecule has 2 amide bonds. The molecule has 7 heteroatoms. The average Bonchev–Trinajstić information content (AvgIpc) is 2.96. The normalized spacial score (nSPS) is 14.7. The predicted octanol–water partition coefficient (Wildman–Crippen LogP) is 3.64. The highest BCUT2D eigenvalue weighted by molar-refractivity contribution is 7.11. The molecule has 26 heavy (non-hydrogen) atoms. The van der Waals surface area contributed by atoms with E-state index in [4.69, 9.17) is 0 Å². The molecule has 0 aliphatic heterocycles. The largest absolute Gasteiger partial charge is 0.331 e. The van der Waals surface area contributed by atoms with Gasteiger partial charge in [-0.15, -0.1) is 11.3 Å². The molecule has 0 unspecified atom stereocenters. The van der Waals surface area contributed by atoms with Crippen molar-refractivity contribution in [2.75, 3.05) is 7.05 Å². The van der Waals surface area contributed by atoms with Gasteiger partial charge in [-0.2, -0.15) is 0 Å². The van der Waals surface area contributed by atoms with Gasteiger partial charge < -0.3 is 10.2 Å². The highest BCUT2D eigenvalue weighted by Gasteiger charge is 2.22. The summed E-state index contributed by atoms with van der Waals surface area (Å²) in [6.07, 6.45) is 4.48. The lowest BCUT2D eigenvalue weighted by Crippen LogP contribution is -2.39. The number of rotatable bonds is 4. The molecule has 140 valence electrons. The summed E-state index contributed by atoms with van der Waals surface area (Å²) in [4.78, 5) is 29.2. The van der Waals surface area contributed by atoms with E-state index in [1.54, 1.807) is 23.3 Å². The second kappa shape index (κ2) is 7.70. The van der Waals surface area contributed by atoms with E-state index in [0.29, 0.717) is 12.4 Å². The summed E-state index contributed by atoms with van der Waals surface area (Å²) in [5, 5.41) is 3.97. The lowest BCUT2D eigenvalue weighted by molar-refractivity contribution is 0.192. The number of nitrogens with one attached hydrogen (secondary N) is 1. The Balaban J connectivity index is 1.65. The lowest BCUT2D eigenvalue weighted by atomic mass is 9.95. The first-order chi connectivity index (χ1) is 12.4. The Morgan fingerprint density at radius 1 is 1.19 bits per heavy atom. The van der Waals surface area contributed by atoms with E-state index in [9.17, 15) is 4.79 Å². The maximum Gasteiger partial charge on any atom is 0.318 e. The molecule has 0 saturated heterocycles. The summed E-state index contributed by atoms with van der Waals surface area (Å²) in [5.74, 6) is 0.693. The van der Waals surface area contributed by atoms with Crippen molar-refractivity contribution >= 4 is 17.4 Å². The summed E-state index contributed by atoms with van der Waals surface area (Å²) < 4.78 is 0. The zero-order valence-electron chi connectivity index (χ0n) is 16.2. The number of thiazole rings is 1. The first-order valence-electron chi connectivity index (χ1n) is 9.16. The van der Waals surface area contributed by atoms with Gasteiger partial charge in [-0.3, -0.25) is 0 Å². The molecule has 1 aliphatic rings. The standard InChI is InChI=1S/C19H27N5OS/c1-11-15-8-6-7-9-16(15)23-17(21-11)10-20-19(25)24(5)12(2)18-13(3)26-14(4)22-18/h12H,6-10H2,1-5H3,(H,20,25)/t12-/m0/s1. The Kier molecular flexibility index (Phi) is 5.55. The molecular formula is C19H27N5OS. The Morgan fingerprint density at radius 2 is 1.92 bits per heavy atom. The molecule has 0 aromatic carbocycles. The van der Waals surface area contributed by atoms with E-state index < -0.39 is 0 Å². The fraction of sp³-hybridized carbons (Fsp3) is 0.579. The van der Waals surface area contributed by atoms with Crippen molar-refractivity contribution in [3.8, 4) is 0 Å². The molecule has 0 bridgehead atoms. The highest BCUT2D eigenvalue weighted by atomic mass is 32.1. The number of carbonyl (C=O) groups is 1. The second-order valence-corrected chi connectivity index (χ2v) is 8.38. The van der Waals surface area contributed by atoms with Crippen molar-refractivity contribution in [1.29, 1.82) is 0 Å². The van der Waals surface area contributed by atoms with Crippen molar-refractivity contribution in [2.24, 2.45) is 0 Å². The third kappa shape index (κ3) is 3.87. The van der Waals surface area contributed by atoms with Crippen molar-refractivity contribution in [2.45, 2.75) is 66.0 Å². The van der Waals surface area contributed by atoms with Gasteiger partial charge in [0.25, 0.3) is 0 Å². The molecule has 2 aromatic heterocycles. The van der Waals surface area contributed by atoms with Crippen LogP contribution in [-0.2, 0) is 19.4 Å². The molecule has 1 aliphatic carbocycles. The van der Waals surface area contributed by atoms with E-state index in [-0.39, 0.29) is 12.1 Å². The Morgan fingerprint density at radius 3 is 2.62 bits per heavy atom. The quantitative estimate of drug-likeness (QED) is 0.888. The van der Waals surface area contributed by atoms with Crippen LogP contribution in [0.15, 0.2) is 0 Å². The van der Waals surface area contributed by atoms with Crippen LogP contribution in [0.3, 0.4) is 0 Å². The van der Waals surface area contributed by atoms with Crippen LogP contribution in [0.25, 0.3) is 0 Å². The van der Waals surface area contributed by atoms with Gasteiger partial charge in [-0.05, 0) is 58.9 Å². The van der Waals surface area contributed by atoms with Crippen LogP contribution < -0.4 is 5.32 Å². The third-order valence-corrected chi connectivity index (χ3v) is 5.97. The number of carbonyl (C=O) groups excluding carboxylic acids is 1. The topological polar surface area (TPSA) is 71.0 Å². The van der Waals surface area contributed by atoms with Crippen LogP contribution in [-0.4, -0.2) is 32.9 Å². The fourth-order valence-electron chi connectivity index (χ4n) is 3.49. The number of fused-ring (bicyclic) bond motifs is 1. The van der Waals surface area contributed by atoms with Crippen molar-refractivity contribution < 1.29 is 4.79 Å². The van der Waals surface area contributed by atoms with E-state index in [1.165, 1.54) is 18.4 Å². The Labute approximate surface area is 159 Å². The van der Waals surface area contributed by atoms with Crippen LogP contribution in [0.1, 0.15) is 64.2 Å². The van der Waals surface area contributed by atoms with Gasteiger partial charge in [0, 0.05) is 23.3 Å². The molecule has 0 fully saturated rings. The first-order valence-corrected chi connectivity index (χ1v) is 9.98. The van der Waals surface area contributed by atoms with E-state index in [2.05, 4.69) is 20.3 Å². The SMILES string of the molecule is Cc1nc([C@H](C)N(C)C(=O)NCc2nc(C)c3c(n2)CCCC3)c(C)s1. The molecular weight excluding hydrogens is 346 g/mol. The molecule has 1 atom stereocenters. The summed E-state index contributed by atoms with van der Waals surface area (Å²) in [5.41, 5.74) is 4.47. The van der Waals surface area contributed by atoms with Crippen molar-refractivity contribution in [3.05, 3.63) is 38.4 Å². The third-order valence-electron chi connectivity index (χ3n) is 5.07. The molecule has 1 N–H and O–H groups in total. The van der Waals surface area contributed by atoms with Gasteiger partial charge in [-0.1, -0.05) is 0 Å². The monoisotopic (exact) mass is 373 g/mol. The number of urea groups is 1. The Hall–Kier alpha value is -2.02. The minimum absolute atomic E-state index is 0.0777. The molecule has 2 aromatic rings. The molecule has 6 nitrogen and oxygen atoms in total. The van der Waals surface area contributed by atoms with Crippen LogP contribution in [0.4, 0.5) is 4.79 Å². The van der Waals surface area contributed by atoms with E-state index in [1.807, 2.05) is 27.7 Å². The zero-order chi connectivity index (χ0) is 18.8. The second-order valence-electron chi connectivity index (χ2n) is 6.98. The van der Waals surface area contributed by atoms with Gasteiger partial charge >= 0.3 is 6.03 Å². The van der Waals surface area contributed by atoms with Crippen molar-refractivity contribution in [3.63, 3.8) is 0 Å². The van der Waals surface area contributed by atoms with Gasteiger partial charge in [-0.25, -0.2) is 19.7 Å². The molecule has 0 spiro atoms. The summed E-state index contributed by atoms with van der Waals surface area (Å²) in [7, 11) is 1.80. The van der Waals surface area contributed by atoms with Crippen LogP contribution >= 0.6 is 11.3 Å². The number of nitrogens with zero attached hydrogens (tertiary/aromatic N) is 4. The van der Waals surface area contributed by atoms with Gasteiger partial charge in [0.05, 0.1) is 23.3 Å². The van der Waals surface area contributed by atoms with Gasteiger partial charge in [0.15, 0.2) is 0 Å². The minimum Gasteiger partial charge on any atom is -0.331 e. The van der Waals surface area contributed by atoms with E-state index >= 15 is 0 Å². The highest BCUT2D eigenvalue weighted by Crippen LogP contribution is 2.26. The van der Waals surface area contributed by atoms with Gasteiger partial charge in [0.1, 0.15) is 5.82 Å². The van der Waals surface area contributed by atoms with Crippen molar-refractivity contribution in [1.82, 2.24) is 25.2 Å². The number of aryl methyl sites for hydroxylation is 4. The molecule has 0 radical (unpaired) electrons. The number of hydrogen-bond donors (Lipinski definition) is 1. The minimum atomic E-state index is -0.137. The van der Waals surface area contributed by atoms with Crippen LogP contribution in [0.2, 0.25) is 0 Å². The van der Waals surface area contributed by atoms with Crippen LogP contribution in [0.5, 0.6) is 0 Å². The maximum atomic E-state index is 12.6. The van der Waals surface area contributed by atoms with E-state index in [0.717, 1.165) is 39.8 Å². The first kappa shape index (κ1) is 18.8. The number of aromatic nitrogens is 3.